The summed E-state index contributed by atoms with van der Waals surface area (Å²) in [4.78, 5) is 44.9. The largest absolute Gasteiger partial charge is 0.483 e. The van der Waals surface area contributed by atoms with Crippen LogP contribution in [0, 0.1) is 17.2 Å². The molecule has 0 aromatic heterocycles. The Morgan fingerprint density at radius 2 is 1.82 bits per heavy atom. The predicted molar refractivity (Wildman–Crippen MR) is 139 cm³/mol. The number of carboxylic acids is 1. The van der Waals surface area contributed by atoms with Crippen LogP contribution in [-0.4, -0.2) is 53.9 Å². The highest BCUT2D eigenvalue weighted by Crippen LogP contribution is 2.42. The summed E-state index contributed by atoms with van der Waals surface area (Å²) in [7, 11) is 1.23. The number of Topliss-reactive ketones (excluding diaryl/α,β-unsaturated/α-hetero) is 1. The van der Waals surface area contributed by atoms with Crippen molar-refractivity contribution in [1.29, 1.82) is 5.26 Å². The first kappa shape index (κ1) is 29.9. The molecule has 1 N–H and O–H groups in total. The molecule has 0 saturated heterocycles. The molecule has 3 rings (SSSR count). The van der Waals surface area contributed by atoms with Crippen LogP contribution in [0.3, 0.4) is 0 Å². The molecule has 9 nitrogen and oxygen atoms in total. The van der Waals surface area contributed by atoms with Gasteiger partial charge >= 0.3 is 18.2 Å². The molecule has 1 atom stereocenters. The molecule has 2 amide bonds. The summed E-state index contributed by atoms with van der Waals surface area (Å²) in [6.45, 7) is 3.74. The topological polar surface area (TPSA) is 123 Å². The van der Waals surface area contributed by atoms with E-state index in [2.05, 4.69) is 4.99 Å². The number of ketones is 1. The van der Waals surface area contributed by atoms with Crippen molar-refractivity contribution in [2.75, 3.05) is 25.1 Å². The van der Waals surface area contributed by atoms with Gasteiger partial charge in [0.25, 0.3) is 0 Å². The third-order valence-corrected chi connectivity index (χ3v) is 6.26. The lowest BCUT2D eigenvalue weighted by atomic mass is 9.86. The van der Waals surface area contributed by atoms with E-state index in [1.165, 1.54) is 37.1 Å². The number of alkyl halides is 3. The van der Waals surface area contributed by atoms with Crippen molar-refractivity contribution in [2.24, 2.45) is 10.9 Å². The quantitative estimate of drug-likeness (QED) is 0.353. The monoisotopic (exact) mass is 556 g/mol. The Morgan fingerprint density at radius 3 is 2.35 bits per heavy atom. The van der Waals surface area contributed by atoms with E-state index in [4.69, 9.17) is 9.84 Å². The number of hydrogen-bond acceptors (Lipinski definition) is 6. The number of methoxy groups -OCH3 is 1. The van der Waals surface area contributed by atoms with Crippen molar-refractivity contribution in [2.45, 2.75) is 33.0 Å². The minimum Gasteiger partial charge on any atom is -0.483 e. The molecule has 12 heteroatoms. The van der Waals surface area contributed by atoms with Gasteiger partial charge in [0.2, 0.25) is 5.90 Å². The molecule has 1 aliphatic heterocycles. The van der Waals surface area contributed by atoms with Gasteiger partial charge in [-0.2, -0.15) is 18.4 Å². The minimum atomic E-state index is -4.68. The summed E-state index contributed by atoms with van der Waals surface area (Å²) < 4.78 is 45.9. The van der Waals surface area contributed by atoms with Gasteiger partial charge in [0.05, 0.1) is 42.6 Å². The summed E-state index contributed by atoms with van der Waals surface area (Å²) in [6, 6.07) is 10.5. The molecule has 1 aliphatic rings. The second kappa shape index (κ2) is 12.0. The number of hydrogen-bond donors (Lipinski definition) is 1. The van der Waals surface area contributed by atoms with Crippen molar-refractivity contribution in [3.8, 4) is 6.07 Å². The van der Waals surface area contributed by atoms with E-state index >= 15 is 0 Å². The molecule has 210 valence electrons. The molecule has 0 fully saturated rings. The number of rotatable bonds is 8. The van der Waals surface area contributed by atoms with Crippen LogP contribution in [0.4, 0.5) is 23.7 Å². The zero-order valence-electron chi connectivity index (χ0n) is 22.2. The molecule has 1 unspecified atom stereocenters. The molecule has 0 saturated carbocycles. The first-order valence-corrected chi connectivity index (χ1v) is 12.1. The first-order chi connectivity index (χ1) is 18.8. The summed E-state index contributed by atoms with van der Waals surface area (Å²) >= 11 is 0. The van der Waals surface area contributed by atoms with Crippen molar-refractivity contribution >= 4 is 29.4 Å². The van der Waals surface area contributed by atoms with Crippen LogP contribution in [0.1, 0.15) is 43.5 Å². The van der Waals surface area contributed by atoms with Crippen LogP contribution < -0.4 is 4.90 Å². The molecule has 0 bridgehead atoms. The van der Waals surface area contributed by atoms with Gasteiger partial charge in [0, 0.05) is 17.2 Å². The van der Waals surface area contributed by atoms with Crippen molar-refractivity contribution in [3.05, 3.63) is 76.5 Å². The normalized spacial score (nSPS) is 16.3. The molecule has 1 heterocycles. The van der Waals surface area contributed by atoms with E-state index in [1.54, 1.807) is 26.0 Å². The summed E-state index contributed by atoms with van der Waals surface area (Å²) in [5, 5.41) is 18.3. The second-order valence-corrected chi connectivity index (χ2v) is 9.26. The molecular weight excluding hydrogens is 529 g/mol. The fourth-order valence-corrected chi connectivity index (χ4v) is 4.33. The maximum atomic E-state index is 14.1. The molecule has 2 aromatic rings. The van der Waals surface area contributed by atoms with Crippen LogP contribution in [0.5, 0.6) is 0 Å². The lowest BCUT2D eigenvalue weighted by Crippen LogP contribution is -2.53. The smallest absolute Gasteiger partial charge is 0.416 e. The molecular formula is C28H27F3N4O5. The Hall–Kier alpha value is -4.66. The maximum absolute atomic E-state index is 14.1. The van der Waals surface area contributed by atoms with Gasteiger partial charge in [-0.05, 0) is 42.8 Å². The van der Waals surface area contributed by atoms with Crippen LogP contribution in [-0.2, 0) is 20.5 Å². The number of nitrogens with zero attached hydrogens (tertiary/aromatic N) is 4. The zero-order valence-corrected chi connectivity index (χ0v) is 22.2. The van der Waals surface area contributed by atoms with Gasteiger partial charge in [-0.3, -0.25) is 14.5 Å². The standard InChI is InChI=1S/C28H27F3N4O5/c1-16(2)26(38)24-17(3)35(21-7-5-6-20(12-21)28(29,30)31)27(39)34(15-22(40-4)33-14-23(36)37)25(24)19-10-8-18(13-32)9-11-19/h5-12,16,25H,14-15H2,1-4H3,(H,36,37). The highest BCUT2D eigenvalue weighted by atomic mass is 19.4. The molecule has 2 aromatic carbocycles. The lowest BCUT2D eigenvalue weighted by Gasteiger charge is -2.43. The van der Waals surface area contributed by atoms with E-state index in [9.17, 15) is 32.8 Å². The number of carboxylic acid groups (broad SMARTS) is 1. The number of aliphatic imine (C=N–C) groups is 1. The SMILES string of the molecule is COC(CN1C(=O)N(c2cccc(C(F)(F)F)c2)C(C)=C(C(=O)C(C)C)C1c1ccc(C#N)cc1)=NCC(=O)O. The Labute approximate surface area is 228 Å². The average molecular weight is 557 g/mol. The number of aliphatic carboxylic acids is 1. The Morgan fingerprint density at radius 1 is 1.18 bits per heavy atom. The average Bonchev–Trinajstić information content (AvgIpc) is 2.91. The zero-order chi connectivity index (χ0) is 29.8. The highest BCUT2D eigenvalue weighted by molar-refractivity contribution is 6.07. The number of ether oxygens (including phenoxy) is 1. The third-order valence-electron chi connectivity index (χ3n) is 6.26. The first-order valence-electron chi connectivity index (χ1n) is 12.1. The third kappa shape index (κ3) is 6.31. The highest BCUT2D eigenvalue weighted by Gasteiger charge is 2.43. The van der Waals surface area contributed by atoms with E-state index in [0.29, 0.717) is 11.1 Å². The summed E-state index contributed by atoms with van der Waals surface area (Å²) in [5.74, 6) is -2.30. The van der Waals surface area contributed by atoms with Crippen molar-refractivity contribution < 1.29 is 37.4 Å². The number of anilines is 1. The Bertz CT molecular complexity index is 1410. The fraction of sp³-hybridized carbons (Fsp3) is 0.321. The van der Waals surface area contributed by atoms with E-state index < -0.39 is 48.8 Å². The van der Waals surface area contributed by atoms with E-state index in [-0.39, 0.29) is 28.6 Å². The molecule has 40 heavy (non-hydrogen) atoms. The van der Waals surface area contributed by atoms with Gasteiger partial charge in [0.15, 0.2) is 5.78 Å². The predicted octanol–water partition coefficient (Wildman–Crippen LogP) is 5.19. The number of benzene rings is 2. The van der Waals surface area contributed by atoms with Gasteiger partial charge in [-0.15, -0.1) is 0 Å². The van der Waals surface area contributed by atoms with Crippen LogP contribution in [0.25, 0.3) is 0 Å². The van der Waals surface area contributed by atoms with Gasteiger partial charge in [0.1, 0.15) is 6.54 Å². The van der Waals surface area contributed by atoms with Crippen LogP contribution in [0.2, 0.25) is 0 Å². The fourth-order valence-electron chi connectivity index (χ4n) is 4.33. The van der Waals surface area contributed by atoms with Crippen molar-refractivity contribution in [1.82, 2.24) is 4.90 Å². The lowest BCUT2D eigenvalue weighted by molar-refractivity contribution is -0.137. The number of allylic oxidation sites excluding steroid dienone is 1. The van der Waals surface area contributed by atoms with Crippen molar-refractivity contribution in [3.63, 3.8) is 0 Å². The molecule has 0 radical (unpaired) electrons. The summed E-state index contributed by atoms with van der Waals surface area (Å²) in [6.07, 6.45) is -4.68. The Kier molecular flexibility index (Phi) is 8.99. The number of carbonyl (C=O) groups excluding carboxylic acids is 2. The van der Waals surface area contributed by atoms with E-state index in [1.807, 2.05) is 6.07 Å². The maximum Gasteiger partial charge on any atom is 0.416 e. The minimum absolute atomic E-state index is 0.115. The van der Waals surface area contributed by atoms with Crippen LogP contribution >= 0.6 is 0 Å². The summed E-state index contributed by atoms with van der Waals surface area (Å²) in [5.41, 5.74) is -0.0329. The molecule has 0 spiro atoms. The van der Waals surface area contributed by atoms with Gasteiger partial charge in [-0.1, -0.05) is 32.0 Å². The molecule has 0 aliphatic carbocycles. The number of halogens is 3. The number of nitriles is 1. The number of amides is 2. The number of urea groups is 1. The van der Waals surface area contributed by atoms with E-state index in [0.717, 1.165) is 23.1 Å². The van der Waals surface area contributed by atoms with Gasteiger partial charge < -0.3 is 14.7 Å². The Balaban J connectivity index is 2.32. The number of carbonyl (C=O) groups is 3. The van der Waals surface area contributed by atoms with Gasteiger partial charge in [-0.25, -0.2) is 9.79 Å². The van der Waals surface area contributed by atoms with Crippen LogP contribution in [0.15, 0.2) is 64.8 Å². The second-order valence-electron chi connectivity index (χ2n) is 9.26.